The van der Waals surface area contributed by atoms with Crippen molar-refractivity contribution in [3.63, 3.8) is 0 Å². The van der Waals surface area contributed by atoms with E-state index in [9.17, 15) is 9.90 Å². The average Bonchev–Trinajstić information content (AvgIpc) is 2.43. The third-order valence-electron chi connectivity index (χ3n) is 3.39. The van der Waals surface area contributed by atoms with Crippen molar-refractivity contribution >= 4 is 27.5 Å². The number of carbonyl (C=O) groups is 1. The Kier molecular flexibility index (Phi) is 2.69. The summed E-state index contributed by atoms with van der Waals surface area (Å²) in [5.74, 6) is -1.01. The summed E-state index contributed by atoms with van der Waals surface area (Å²) in [6.45, 7) is 0. The van der Waals surface area contributed by atoms with Crippen molar-refractivity contribution in [1.82, 2.24) is 0 Å². The lowest BCUT2D eigenvalue weighted by Gasteiger charge is -2.14. The monoisotopic (exact) mass is 251 g/mol. The second-order valence-corrected chi connectivity index (χ2v) is 4.55. The fourth-order valence-electron chi connectivity index (χ4n) is 2.51. The van der Waals surface area contributed by atoms with Crippen LogP contribution in [0, 0.1) is 0 Å². The fourth-order valence-corrected chi connectivity index (χ4v) is 2.51. The lowest BCUT2D eigenvalue weighted by molar-refractivity contribution is -0.138. The molecule has 3 heteroatoms. The maximum absolute atomic E-state index is 11.3. The Labute approximate surface area is 110 Å². The highest BCUT2D eigenvalue weighted by Gasteiger charge is 2.19. The summed E-state index contributed by atoms with van der Waals surface area (Å²) in [6, 6.07) is 16.5. The van der Waals surface area contributed by atoms with E-state index in [0.29, 0.717) is 5.56 Å². The van der Waals surface area contributed by atoms with Crippen molar-refractivity contribution in [2.45, 2.75) is 6.04 Å². The molecule has 3 N–H and O–H groups in total. The number of carboxylic acid groups (broad SMARTS) is 1. The van der Waals surface area contributed by atoms with Crippen LogP contribution in [0.2, 0.25) is 0 Å². The molecular weight excluding hydrogens is 238 g/mol. The Bertz CT molecular complexity index is 726. The molecule has 0 bridgehead atoms. The van der Waals surface area contributed by atoms with Crippen LogP contribution in [0.5, 0.6) is 0 Å². The molecule has 3 aromatic rings. The first-order valence-corrected chi connectivity index (χ1v) is 6.07. The second-order valence-electron chi connectivity index (χ2n) is 4.55. The van der Waals surface area contributed by atoms with Gasteiger partial charge in [-0.2, -0.15) is 0 Å². The van der Waals surface area contributed by atoms with Gasteiger partial charge in [0.1, 0.15) is 6.04 Å². The molecule has 19 heavy (non-hydrogen) atoms. The largest absolute Gasteiger partial charge is 0.480 e. The first-order valence-electron chi connectivity index (χ1n) is 6.07. The molecule has 3 rings (SSSR count). The predicted octanol–water partition coefficient (Wildman–Crippen LogP) is 3.08. The Hall–Kier alpha value is -2.39. The van der Waals surface area contributed by atoms with Gasteiger partial charge in [0.2, 0.25) is 0 Å². The van der Waals surface area contributed by atoms with Crippen LogP contribution in [0.25, 0.3) is 21.5 Å². The third-order valence-corrected chi connectivity index (χ3v) is 3.39. The minimum absolute atomic E-state index is 0.682. The maximum atomic E-state index is 11.3. The standard InChI is InChI=1S/C16H13NO2/c17-15(16(18)19)14-12-7-3-1-5-10(12)9-11-6-2-4-8-13(11)14/h1-9,15H,17H2,(H,18,19)/t15-/m0/s1. The zero-order valence-electron chi connectivity index (χ0n) is 10.2. The molecule has 0 unspecified atom stereocenters. The highest BCUT2D eigenvalue weighted by molar-refractivity contribution is 6.05. The van der Waals surface area contributed by atoms with E-state index in [4.69, 9.17) is 5.73 Å². The van der Waals surface area contributed by atoms with Crippen molar-refractivity contribution in [2.75, 3.05) is 0 Å². The van der Waals surface area contributed by atoms with Crippen LogP contribution in [0.3, 0.4) is 0 Å². The fraction of sp³-hybridized carbons (Fsp3) is 0.0625. The van der Waals surface area contributed by atoms with Crippen molar-refractivity contribution in [3.8, 4) is 0 Å². The van der Waals surface area contributed by atoms with Gasteiger partial charge in [0.05, 0.1) is 0 Å². The summed E-state index contributed by atoms with van der Waals surface area (Å²) in [6.07, 6.45) is 0. The first-order chi connectivity index (χ1) is 9.18. The van der Waals surface area contributed by atoms with Gasteiger partial charge in [-0.3, -0.25) is 4.79 Å². The minimum atomic E-state index is -1.02. The predicted molar refractivity (Wildman–Crippen MR) is 76.0 cm³/mol. The van der Waals surface area contributed by atoms with Crippen LogP contribution >= 0.6 is 0 Å². The van der Waals surface area contributed by atoms with Gasteiger partial charge in [-0.25, -0.2) is 0 Å². The van der Waals surface area contributed by atoms with Crippen molar-refractivity contribution in [2.24, 2.45) is 5.73 Å². The Balaban J connectivity index is 2.49. The second kappa shape index (κ2) is 4.37. The molecule has 0 heterocycles. The first kappa shape index (κ1) is 11.7. The normalized spacial score (nSPS) is 12.7. The van der Waals surface area contributed by atoms with Crippen molar-refractivity contribution in [3.05, 3.63) is 60.2 Å². The number of rotatable bonds is 2. The minimum Gasteiger partial charge on any atom is -0.480 e. The Morgan fingerprint density at radius 1 is 0.947 bits per heavy atom. The molecule has 0 fully saturated rings. The molecule has 0 radical (unpaired) electrons. The van der Waals surface area contributed by atoms with Crippen molar-refractivity contribution in [1.29, 1.82) is 0 Å². The molecule has 0 aliphatic rings. The Morgan fingerprint density at radius 2 is 1.42 bits per heavy atom. The molecule has 0 spiro atoms. The van der Waals surface area contributed by atoms with Gasteiger partial charge in [0.25, 0.3) is 0 Å². The number of benzene rings is 3. The summed E-state index contributed by atoms with van der Waals surface area (Å²) in [5.41, 5.74) is 6.55. The lowest BCUT2D eigenvalue weighted by Crippen LogP contribution is -2.21. The molecule has 0 saturated carbocycles. The summed E-state index contributed by atoms with van der Waals surface area (Å²) in [5, 5.41) is 13.0. The number of fused-ring (bicyclic) bond motifs is 2. The van der Waals surface area contributed by atoms with Crippen LogP contribution in [0.15, 0.2) is 54.6 Å². The molecular formula is C16H13NO2. The molecule has 3 aromatic carbocycles. The van der Waals surface area contributed by atoms with Crippen LogP contribution < -0.4 is 5.73 Å². The zero-order valence-corrected chi connectivity index (χ0v) is 10.2. The van der Waals surface area contributed by atoms with Gasteiger partial charge in [0, 0.05) is 0 Å². The molecule has 0 amide bonds. The summed E-state index contributed by atoms with van der Waals surface area (Å²) in [4.78, 5) is 11.3. The van der Waals surface area contributed by atoms with E-state index in [2.05, 4.69) is 6.07 Å². The zero-order chi connectivity index (χ0) is 13.4. The SMILES string of the molecule is N[C@H](C(=O)O)c1c2ccccc2cc2ccccc12. The van der Waals surface area contributed by atoms with E-state index in [1.54, 1.807) is 0 Å². The van der Waals surface area contributed by atoms with E-state index >= 15 is 0 Å². The maximum Gasteiger partial charge on any atom is 0.325 e. The number of hydrogen-bond acceptors (Lipinski definition) is 2. The lowest BCUT2D eigenvalue weighted by atomic mass is 9.92. The number of aliphatic carboxylic acids is 1. The van der Waals surface area contributed by atoms with E-state index in [1.165, 1.54) is 0 Å². The van der Waals surface area contributed by atoms with Crippen molar-refractivity contribution < 1.29 is 9.90 Å². The van der Waals surface area contributed by atoms with Crippen LogP contribution in [0.1, 0.15) is 11.6 Å². The average molecular weight is 251 g/mol. The van der Waals surface area contributed by atoms with E-state index < -0.39 is 12.0 Å². The number of hydrogen-bond donors (Lipinski definition) is 2. The number of nitrogens with two attached hydrogens (primary N) is 1. The van der Waals surface area contributed by atoms with Crippen LogP contribution in [0.4, 0.5) is 0 Å². The van der Waals surface area contributed by atoms with E-state index in [0.717, 1.165) is 21.5 Å². The molecule has 0 saturated heterocycles. The molecule has 0 aromatic heterocycles. The van der Waals surface area contributed by atoms with Gasteiger partial charge in [-0.05, 0) is 33.2 Å². The topological polar surface area (TPSA) is 63.3 Å². The Morgan fingerprint density at radius 3 is 1.89 bits per heavy atom. The smallest absolute Gasteiger partial charge is 0.325 e. The van der Waals surface area contributed by atoms with Gasteiger partial charge in [-0.15, -0.1) is 0 Å². The highest BCUT2D eigenvalue weighted by atomic mass is 16.4. The van der Waals surface area contributed by atoms with Crippen LogP contribution in [-0.4, -0.2) is 11.1 Å². The van der Waals surface area contributed by atoms with Gasteiger partial charge >= 0.3 is 5.97 Å². The van der Waals surface area contributed by atoms with Gasteiger partial charge in [-0.1, -0.05) is 48.5 Å². The van der Waals surface area contributed by atoms with Crippen LogP contribution in [-0.2, 0) is 4.79 Å². The van der Waals surface area contributed by atoms with Gasteiger partial charge < -0.3 is 10.8 Å². The molecule has 94 valence electrons. The third kappa shape index (κ3) is 1.84. The highest BCUT2D eigenvalue weighted by Crippen LogP contribution is 2.31. The quantitative estimate of drug-likeness (QED) is 0.688. The van der Waals surface area contributed by atoms with E-state index in [-0.39, 0.29) is 0 Å². The summed E-state index contributed by atoms with van der Waals surface area (Å²) >= 11 is 0. The molecule has 0 aliphatic heterocycles. The molecule has 3 nitrogen and oxygen atoms in total. The number of carboxylic acids is 1. The summed E-state index contributed by atoms with van der Waals surface area (Å²) < 4.78 is 0. The molecule has 0 aliphatic carbocycles. The van der Waals surface area contributed by atoms with E-state index in [1.807, 2.05) is 48.5 Å². The van der Waals surface area contributed by atoms with Gasteiger partial charge in [0.15, 0.2) is 0 Å². The molecule has 1 atom stereocenters. The summed E-state index contributed by atoms with van der Waals surface area (Å²) in [7, 11) is 0.